The molecule has 3 aliphatic heterocycles. The fraction of sp³-hybridized carbons (Fsp3) is 0.516. The van der Waals surface area contributed by atoms with Crippen LogP contribution in [0.15, 0.2) is 12.1 Å². The molecule has 3 aliphatic rings. The Morgan fingerprint density at radius 3 is 2.50 bits per heavy atom. The molecular weight excluding hydrogens is 581 g/mol. The van der Waals surface area contributed by atoms with Crippen molar-refractivity contribution in [1.82, 2.24) is 20.2 Å². The predicted octanol–water partition coefficient (Wildman–Crippen LogP) is 5.41. The molecule has 0 spiro atoms. The van der Waals surface area contributed by atoms with Crippen LogP contribution in [0.25, 0.3) is 22.0 Å². The van der Waals surface area contributed by atoms with E-state index in [-0.39, 0.29) is 52.6 Å². The van der Waals surface area contributed by atoms with Crippen LogP contribution >= 0.6 is 0 Å². The second kappa shape index (κ2) is 11.0. The minimum absolute atomic E-state index is 0.00806. The number of nitrogens with two attached hydrogens (primary N) is 1. The molecule has 0 saturated carbocycles. The Bertz CT molecular complexity index is 1660. The van der Waals surface area contributed by atoms with E-state index in [9.17, 15) is 18.4 Å². The molecule has 2 aromatic carbocycles. The number of alkyl halides is 3. The topological polar surface area (TPSA) is 103 Å². The molecule has 6 rings (SSSR count). The molecule has 13 heteroatoms. The third-order valence-corrected chi connectivity index (χ3v) is 9.08. The fourth-order valence-electron chi connectivity index (χ4n) is 7.19. The molecule has 8 nitrogen and oxygen atoms in total. The Hall–Kier alpha value is -3.76. The largest absolute Gasteiger partial charge is 0.463 e. The van der Waals surface area contributed by atoms with Gasteiger partial charge in [-0.25, -0.2) is 8.78 Å². The van der Waals surface area contributed by atoms with Crippen LogP contribution in [0.4, 0.5) is 33.5 Å². The summed E-state index contributed by atoms with van der Waals surface area (Å²) in [6.45, 7) is 6.23. The zero-order chi connectivity index (χ0) is 31.6. The monoisotopic (exact) mass is 615 g/mol. The normalized spacial score (nSPS) is 24.1. The van der Waals surface area contributed by atoms with Gasteiger partial charge < -0.3 is 25.6 Å². The number of ether oxygens (including phenoxy) is 1. The van der Waals surface area contributed by atoms with E-state index < -0.39 is 45.6 Å². The van der Waals surface area contributed by atoms with Crippen molar-refractivity contribution in [3.63, 3.8) is 0 Å². The first-order chi connectivity index (χ1) is 20.8. The quantitative estimate of drug-likeness (QED) is 0.290. The number of benzene rings is 2. The van der Waals surface area contributed by atoms with Gasteiger partial charge in [0.05, 0.1) is 29.0 Å². The van der Waals surface area contributed by atoms with Gasteiger partial charge in [0.25, 0.3) is 0 Å². The molecule has 3 saturated heterocycles. The van der Waals surface area contributed by atoms with Crippen molar-refractivity contribution in [1.29, 1.82) is 5.26 Å². The van der Waals surface area contributed by atoms with Gasteiger partial charge in [0.1, 0.15) is 23.2 Å². The number of nitrogens with one attached hydrogen (secondary N) is 1. The molecule has 0 aliphatic carbocycles. The van der Waals surface area contributed by atoms with Crippen molar-refractivity contribution in [2.45, 2.75) is 57.8 Å². The third-order valence-electron chi connectivity index (χ3n) is 9.08. The van der Waals surface area contributed by atoms with E-state index in [4.69, 9.17) is 10.5 Å². The highest BCUT2D eigenvalue weighted by atomic mass is 19.4. The number of rotatable bonds is 5. The molecular formula is C31H34F5N7O. The van der Waals surface area contributed by atoms with Gasteiger partial charge in [-0.15, -0.1) is 0 Å². The Kier molecular flexibility index (Phi) is 7.57. The van der Waals surface area contributed by atoms with Crippen LogP contribution in [0, 0.1) is 35.3 Å². The minimum atomic E-state index is -5.03. The van der Waals surface area contributed by atoms with Crippen molar-refractivity contribution in [2.24, 2.45) is 5.41 Å². The van der Waals surface area contributed by atoms with Crippen molar-refractivity contribution in [3.8, 4) is 23.2 Å². The number of anilines is 2. The number of aromatic nitrogens is 2. The highest BCUT2D eigenvalue weighted by molar-refractivity contribution is 5.95. The molecule has 4 heterocycles. The first-order valence-electron chi connectivity index (χ1n) is 14.7. The molecule has 234 valence electrons. The van der Waals surface area contributed by atoms with Crippen LogP contribution in [0.2, 0.25) is 0 Å². The van der Waals surface area contributed by atoms with E-state index >= 15 is 8.78 Å². The van der Waals surface area contributed by atoms with Gasteiger partial charge in [-0.3, -0.25) is 0 Å². The number of hydrogen-bond donors (Lipinski definition) is 2. The molecule has 2 bridgehead atoms. The van der Waals surface area contributed by atoms with Crippen LogP contribution in [-0.2, 0) is 6.18 Å². The lowest BCUT2D eigenvalue weighted by molar-refractivity contribution is -0.137. The number of piperazine rings is 1. The number of halogens is 5. The molecule has 0 radical (unpaired) electrons. The average Bonchev–Trinajstić information content (AvgIpc) is 3.28. The summed E-state index contributed by atoms with van der Waals surface area (Å²) in [4.78, 5) is 13.1. The average molecular weight is 616 g/mol. The summed E-state index contributed by atoms with van der Waals surface area (Å²) in [6.07, 6.45) is -1.27. The standard InChI is InChI=1S/C31H34F5N7O/c1-16-9-22(38)20(11-37)23(25(16)31(34,35)36)24-21(32)10-19-27(26(24)33)40-29(44-15-30(2)7-4-8-42(3)14-30)41-28(19)43-12-17-5-6-18(13-43)39-17/h9-10,17-18,39H,4-8,12-15,38H2,1-3H3/t17-,18+,30-/m1/s1. The number of hydrogen-bond acceptors (Lipinski definition) is 8. The molecule has 1 aromatic heterocycles. The van der Waals surface area contributed by atoms with Crippen molar-refractivity contribution in [2.75, 3.05) is 50.5 Å². The Morgan fingerprint density at radius 2 is 1.86 bits per heavy atom. The first-order valence-corrected chi connectivity index (χ1v) is 14.7. The lowest BCUT2D eigenvalue weighted by atomic mass is 9.83. The zero-order valence-corrected chi connectivity index (χ0v) is 24.8. The summed E-state index contributed by atoms with van der Waals surface area (Å²) >= 11 is 0. The second-order valence-corrected chi connectivity index (χ2v) is 12.8. The molecule has 3 fully saturated rings. The van der Waals surface area contributed by atoms with Crippen molar-refractivity contribution < 1.29 is 26.7 Å². The van der Waals surface area contributed by atoms with E-state index in [2.05, 4.69) is 27.1 Å². The minimum Gasteiger partial charge on any atom is -0.463 e. The van der Waals surface area contributed by atoms with Gasteiger partial charge in [-0.1, -0.05) is 6.92 Å². The van der Waals surface area contributed by atoms with E-state index in [1.807, 2.05) is 11.9 Å². The number of likely N-dealkylation sites (tertiary alicyclic amines) is 1. The smallest absolute Gasteiger partial charge is 0.417 e. The Balaban J connectivity index is 1.55. The van der Waals surface area contributed by atoms with Gasteiger partial charge in [0.2, 0.25) is 0 Å². The second-order valence-electron chi connectivity index (χ2n) is 12.8. The van der Waals surface area contributed by atoms with Gasteiger partial charge in [-0.2, -0.15) is 28.4 Å². The molecule has 0 amide bonds. The highest BCUT2D eigenvalue weighted by Gasteiger charge is 2.40. The number of nitrogens with zero attached hydrogens (tertiary/aromatic N) is 5. The highest BCUT2D eigenvalue weighted by Crippen LogP contribution is 2.46. The fourth-order valence-corrected chi connectivity index (χ4v) is 7.19. The van der Waals surface area contributed by atoms with Gasteiger partial charge in [0.15, 0.2) is 5.82 Å². The molecule has 3 aromatic rings. The maximum Gasteiger partial charge on any atom is 0.417 e. The summed E-state index contributed by atoms with van der Waals surface area (Å²) in [6, 6.07) is 3.74. The molecule has 3 N–H and O–H groups in total. The summed E-state index contributed by atoms with van der Waals surface area (Å²) in [5.41, 5.74) is 0.635. The maximum atomic E-state index is 16.6. The first kappa shape index (κ1) is 30.3. The lowest BCUT2D eigenvalue weighted by Crippen LogP contribution is -2.51. The van der Waals surface area contributed by atoms with E-state index in [0.29, 0.717) is 13.1 Å². The van der Waals surface area contributed by atoms with Crippen LogP contribution in [0.3, 0.4) is 0 Å². The number of aryl methyl sites for hydroxylation is 1. The van der Waals surface area contributed by atoms with Crippen LogP contribution in [-0.4, -0.2) is 66.8 Å². The summed E-state index contributed by atoms with van der Waals surface area (Å²) in [7, 11) is 2.02. The van der Waals surface area contributed by atoms with Gasteiger partial charge >= 0.3 is 12.2 Å². The molecule has 3 atom stereocenters. The molecule has 0 unspecified atom stereocenters. The van der Waals surface area contributed by atoms with Gasteiger partial charge in [-0.05, 0) is 63.9 Å². The van der Waals surface area contributed by atoms with Crippen molar-refractivity contribution in [3.05, 3.63) is 40.5 Å². The Labute approximate surface area is 252 Å². The number of fused-ring (bicyclic) bond motifs is 3. The van der Waals surface area contributed by atoms with Crippen LogP contribution in [0.5, 0.6) is 6.01 Å². The van der Waals surface area contributed by atoms with Crippen LogP contribution in [0.1, 0.15) is 49.3 Å². The lowest BCUT2D eigenvalue weighted by Gasteiger charge is -2.38. The summed E-state index contributed by atoms with van der Waals surface area (Å²) in [5, 5.41) is 13.3. The van der Waals surface area contributed by atoms with Crippen molar-refractivity contribution >= 4 is 22.4 Å². The van der Waals surface area contributed by atoms with E-state index in [1.54, 1.807) is 6.07 Å². The van der Waals surface area contributed by atoms with E-state index in [1.165, 1.54) is 0 Å². The number of piperidine rings is 1. The third kappa shape index (κ3) is 5.38. The van der Waals surface area contributed by atoms with Crippen LogP contribution < -0.4 is 20.7 Å². The van der Waals surface area contributed by atoms with E-state index in [0.717, 1.165) is 57.8 Å². The maximum absolute atomic E-state index is 16.6. The SMILES string of the molecule is Cc1cc(N)c(C#N)c(-c2c(F)cc3c(N4C[C@H]5CC[C@@H](C4)N5)nc(OC[C@]4(C)CCCN(C)C4)nc3c2F)c1C(F)(F)F. The number of nitriles is 1. The molecule has 44 heavy (non-hydrogen) atoms. The summed E-state index contributed by atoms with van der Waals surface area (Å²) < 4.78 is 81.8. The predicted molar refractivity (Wildman–Crippen MR) is 156 cm³/mol. The zero-order valence-electron chi connectivity index (χ0n) is 24.8. The number of nitrogen functional groups attached to an aromatic ring is 1. The Morgan fingerprint density at radius 1 is 1.16 bits per heavy atom. The summed E-state index contributed by atoms with van der Waals surface area (Å²) in [5.74, 6) is -2.38. The van der Waals surface area contributed by atoms with Gasteiger partial charge in [0, 0.05) is 48.1 Å².